The highest BCUT2D eigenvalue weighted by Gasteiger charge is 2.11. The number of carboxylic acid groups (broad SMARTS) is 1. The van der Waals surface area contributed by atoms with Gasteiger partial charge in [0.05, 0.1) is 5.56 Å². The lowest BCUT2D eigenvalue weighted by Gasteiger charge is -2.10. The number of nitrogens with zero attached hydrogens (tertiary/aromatic N) is 1. The molecule has 166 valence electrons. The first-order valence-corrected chi connectivity index (χ1v) is 8.65. The summed E-state index contributed by atoms with van der Waals surface area (Å²) >= 11 is 5.72. The van der Waals surface area contributed by atoms with E-state index in [0.717, 1.165) is 12.1 Å². The molecule has 0 aliphatic rings. The van der Waals surface area contributed by atoms with Crippen LogP contribution in [0.2, 0.25) is 5.02 Å². The number of phenols is 3. The zero-order valence-corrected chi connectivity index (χ0v) is 17.8. The Morgan fingerprint density at radius 1 is 1.03 bits per heavy atom. The molecule has 0 aliphatic heterocycles. The van der Waals surface area contributed by atoms with E-state index >= 15 is 0 Å². The molecule has 0 bridgehead atoms. The maximum atomic E-state index is 11.3. The Morgan fingerprint density at radius 2 is 1.57 bits per heavy atom. The molecule has 0 fully saturated rings. The topological polar surface area (TPSA) is 137 Å². The number of hydrogen-bond donors (Lipinski definition) is 4. The third-order valence-corrected chi connectivity index (χ3v) is 3.54. The smallest absolute Gasteiger partial charge is 0.344 e. The minimum atomic E-state index is -1.29. The summed E-state index contributed by atoms with van der Waals surface area (Å²) in [4.78, 5) is 23.5. The normalized spacial score (nSPS) is 9.73. The molecule has 9 nitrogen and oxygen atoms in total. The summed E-state index contributed by atoms with van der Waals surface area (Å²) in [5, 5.41) is 35.6. The number of phenolic OH excluding ortho intramolecular Hbond substituents is 3. The summed E-state index contributed by atoms with van der Waals surface area (Å²) in [6, 6.07) is 8.50. The Morgan fingerprint density at radius 3 is 2.03 bits per heavy atom. The average Bonchev–Trinajstić information content (AvgIpc) is 2.65. The molecule has 0 aliphatic carbocycles. The fraction of sp³-hybridized carbons (Fsp3) is 0.263. The molecule has 2 aromatic carbocycles. The standard InChI is InChI=1S/C12H16ClNO3.C7H6O5.ClH/c1-14(2)7-8-16-12(15)9-17-11-5-3-10(13)4-6-11;8-4-1-3(7(11)12)2-5(9)6(4)10;/h3-6H,7-9H2,1-2H3;1-2,8-10H,(H,11,12);1H. The van der Waals surface area contributed by atoms with Crippen LogP contribution in [-0.4, -0.2) is 71.1 Å². The van der Waals surface area contributed by atoms with Gasteiger partial charge in [0.1, 0.15) is 12.4 Å². The minimum absolute atomic E-state index is 0. The van der Waals surface area contributed by atoms with Crippen molar-refractivity contribution >= 4 is 35.9 Å². The van der Waals surface area contributed by atoms with Gasteiger partial charge in [-0.3, -0.25) is 0 Å². The minimum Gasteiger partial charge on any atom is -0.504 e. The molecule has 2 rings (SSSR count). The number of aromatic carboxylic acids is 1. The maximum absolute atomic E-state index is 11.3. The van der Waals surface area contributed by atoms with Crippen molar-refractivity contribution in [3.63, 3.8) is 0 Å². The Hall–Kier alpha value is -2.88. The lowest BCUT2D eigenvalue weighted by Crippen LogP contribution is -2.22. The summed E-state index contributed by atoms with van der Waals surface area (Å²) in [6.07, 6.45) is 0. The largest absolute Gasteiger partial charge is 0.504 e. The van der Waals surface area contributed by atoms with Gasteiger partial charge >= 0.3 is 11.9 Å². The average molecular weight is 464 g/mol. The summed E-state index contributed by atoms with van der Waals surface area (Å²) in [6.45, 7) is 0.984. The van der Waals surface area contributed by atoms with E-state index in [-0.39, 0.29) is 30.5 Å². The van der Waals surface area contributed by atoms with Crippen LogP contribution in [0, 0.1) is 0 Å². The Bertz CT molecular complexity index is 805. The second-order valence-corrected chi connectivity index (χ2v) is 6.37. The van der Waals surface area contributed by atoms with Gasteiger partial charge in [-0.25, -0.2) is 9.59 Å². The van der Waals surface area contributed by atoms with Crippen LogP contribution in [0.5, 0.6) is 23.0 Å². The Balaban J connectivity index is 0.000000573. The first kappa shape index (κ1) is 27.1. The SMILES string of the molecule is CN(C)CCOC(=O)COc1ccc(Cl)cc1.Cl.O=C(O)c1cc(O)c(O)c(O)c1. The number of halogens is 2. The van der Waals surface area contributed by atoms with E-state index < -0.39 is 23.2 Å². The lowest BCUT2D eigenvalue weighted by molar-refractivity contribution is -0.146. The highest BCUT2D eigenvalue weighted by atomic mass is 35.5. The van der Waals surface area contributed by atoms with Gasteiger partial charge < -0.3 is 34.8 Å². The number of carboxylic acids is 1. The lowest BCUT2D eigenvalue weighted by atomic mass is 10.2. The van der Waals surface area contributed by atoms with Gasteiger partial charge in [-0.05, 0) is 50.5 Å². The van der Waals surface area contributed by atoms with E-state index in [2.05, 4.69) is 0 Å². The van der Waals surface area contributed by atoms with Crippen LogP contribution in [0.25, 0.3) is 0 Å². The summed E-state index contributed by atoms with van der Waals surface area (Å²) < 4.78 is 10.2. The van der Waals surface area contributed by atoms with Crippen molar-refractivity contribution in [2.24, 2.45) is 0 Å². The van der Waals surface area contributed by atoms with E-state index in [1.807, 2.05) is 19.0 Å². The van der Waals surface area contributed by atoms with Crippen LogP contribution in [0.4, 0.5) is 0 Å². The molecule has 0 saturated heterocycles. The van der Waals surface area contributed by atoms with Gasteiger partial charge in [-0.15, -0.1) is 12.4 Å². The summed E-state index contributed by atoms with van der Waals surface area (Å²) in [5.74, 6) is -3.11. The predicted octanol–water partition coefficient (Wildman–Crippen LogP) is 2.75. The van der Waals surface area contributed by atoms with Gasteiger partial charge in [0.15, 0.2) is 23.9 Å². The van der Waals surface area contributed by atoms with Crippen LogP contribution < -0.4 is 4.74 Å². The Labute approximate surface area is 184 Å². The van der Waals surface area contributed by atoms with Crippen LogP contribution in [0.1, 0.15) is 10.4 Å². The second kappa shape index (κ2) is 13.4. The van der Waals surface area contributed by atoms with Crippen molar-refractivity contribution in [1.29, 1.82) is 0 Å². The van der Waals surface area contributed by atoms with Crippen molar-refractivity contribution < 1.29 is 39.5 Å². The number of carbonyl (C=O) groups is 2. The number of benzene rings is 2. The molecule has 0 atom stereocenters. The quantitative estimate of drug-likeness (QED) is 0.360. The first-order chi connectivity index (χ1) is 13.6. The molecule has 0 spiro atoms. The third kappa shape index (κ3) is 10.1. The zero-order chi connectivity index (χ0) is 22.0. The van der Waals surface area contributed by atoms with Crippen molar-refractivity contribution in [1.82, 2.24) is 4.90 Å². The molecular weight excluding hydrogens is 441 g/mol. The summed E-state index contributed by atoms with van der Waals surface area (Å²) in [5.41, 5.74) is -0.289. The fourth-order valence-electron chi connectivity index (χ4n) is 1.78. The molecule has 2 aromatic rings. The number of esters is 1. The number of ether oxygens (including phenoxy) is 2. The van der Waals surface area contributed by atoms with E-state index in [0.29, 0.717) is 23.9 Å². The van der Waals surface area contributed by atoms with Crippen molar-refractivity contribution in [2.45, 2.75) is 0 Å². The van der Waals surface area contributed by atoms with Crippen LogP contribution in [0.3, 0.4) is 0 Å². The van der Waals surface area contributed by atoms with E-state index in [1.54, 1.807) is 24.3 Å². The summed E-state index contributed by atoms with van der Waals surface area (Å²) in [7, 11) is 3.83. The molecule has 0 radical (unpaired) electrons. The highest BCUT2D eigenvalue weighted by Crippen LogP contribution is 2.35. The number of aromatic hydroxyl groups is 3. The molecule has 0 unspecified atom stereocenters. The molecule has 30 heavy (non-hydrogen) atoms. The number of rotatable bonds is 7. The van der Waals surface area contributed by atoms with Crippen molar-refractivity contribution in [3.8, 4) is 23.0 Å². The zero-order valence-electron chi connectivity index (χ0n) is 16.2. The first-order valence-electron chi connectivity index (χ1n) is 8.27. The number of hydrogen-bond acceptors (Lipinski definition) is 8. The number of carbonyl (C=O) groups excluding carboxylic acids is 1. The van der Waals surface area contributed by atoms with Gasteiger partial charge in [0, 0.05) is 11.6 Å². The predicted molar refractivity (Wildman–Crippen MR) is 112 cm³/mol. The van der Waals surface area contributed by atoms with Crippen LogP contribution in [0.15, 0.2) is 36.4 Å². The van der Waals surface area contributed by atoms with Crippen LogP contribution >= 0.6 is 24.0 Å². The molecule has 0 saturated carbocycles. The maximum Gasteiger partial charge on any atom is 0.344 e. The fourth-order valence-corrected chi connectivity index (χ4v) is 1.91. The molecule has 0 heterocycles. The van der Waals surface area contributed by atoms with E-state index in [1.165, 1.54) is 0 Å². The van der Waals surface area contributed by atoms with Crippen molar-refractivity contribution in [2.75, 3.05) is 33.9 Å². The number of likely N-dealkylation sites (N-methyl/N-ethyl adjacent to an activating group) is 1. The molecule has 11 heteroatoms. The van der Waals surface area contributed by atoms with Crippen molar-refractivity contribution in [3.05, 3.63) is 47.0 Å². The molecule has 0 aromatic heterocycles. The second-order valence-electron chi connectivity index (χ2n) is 5.93. The van der Waals surface area contributed by atoms with Gasteiger partial charge in [0.25, 0.3) is 0 Å². The highest BCUT2D eigenvalue weighted by molar-refractivity contribution is 6.30. The van der Waals surface area contributed by atoms with E-state index in [4.69, 9.17) is 41.5 Å². The van der Waals surface area contributed by atoms with Gasteiger partial charge in [-0.1, -0.05) is 11.6 Å². The van der Waals surface area contributed by atoms with Crippen LogP contribution in [-0.2, 0) is 9.53 Å². The van der Waals surface area contributed by atoms with Gasteiger partial charge in [-0.2, -0.15) is 0 Å². The van der Waals surface area contributed by atoms with Gasteiger partial charge in [0.2, 0.25) is 0 Å². The third-order valence-electron chi connectivity index (χ3n) is 3.29. The van der Waals surface area contributed by atoms with E-state index in [9.17, 15) is 9.59 Å². The molecule has 0 amide bonds. The Kier molecular flexibility index (Phi) is 12.1. The monoisotopic (exact) mass is 463 g/mol. The molecular formula is C19H23Cl2NO8. The molecule has 4 N–H and O–H groups in total.